The van der Waals surface area contributed by atoms with Gasteiger partial charge in [-0.3, -0.25) is 19.3 Å². The highest BCUT2D eigenvalue weighted by atomic mass is 16.2. The SMILES string of the molecule is CCC(=O)NCCN1C(=O)c2cccc3cccc(c23)C1=O. The fourth-order valence-corrected chi connectivity index (χ4v) is 2.72. The molecule has 0 saturated heterocycles. The summed E-state index contributed by atoms with van der Waals surface area (Å²) in [5.74, 6) is -0.709. The molecule has 0 atom stereocenters. The van der Waals surface area contributed by atoms with Gasteiger partial charge < -0.3 is 5.32 Å². The van der Waals surface area contributed by atoms with Gasteiger partial charge in [0.25, 0.3) is 11.8 Å². The second kappa shape index (κ2) is 5.60. The van der Waals surface area contributed by atoms with Gasteiger partial charge in [-0.05, 0) is 17.5 Å². The van der Waals surface area contributed by atoms with E-state index in [1.165, 1.54) is 4.90 Å². The van der Waals surface area contributed by atoms with Crippen molar-refractivity contribution in [3.63, 3.8) is 0 Å². The summed E-state index contributed by atoms with van der Waals surface area (Å²) in [4.78, 5) is 37.6. The van der Waals surface area contributed by atoms with Crippen LogP contribution in [-0.4, -0.2) is 35.7 Å². The van der Waals surface area contributed by atoms with Crippen molar-refractivity contribution in [1.82, 2.24) is 10.2 Å². The second-order valence-electron chi connectivity index (χ2n) is 5.17. The first kappa shape index (κ1) is 14.3. The monoisotopic (exact) mass is 296 g/mol. The van der Waals surface area contributed by atoms with Gasteiger partial charge in [0.2, 0.25) is 5.91 Å². The van der Waals surface area contributed by atoms with Gasteiger partial charge >= 0.3 is 0 Å². The second-order valence-corrected chi connectivity index (χ2v) is 5.17. The summed E-state index contributed by atoms with van der Waals surface area (Å²) in [5.41, 5.74) is 1.07. The van der Waals surface area contributed by atoms with Gasteiger partial charge in [0, 0.05) is 36.0 Å². The Labute approximate surface area is 127 Å². The standard InChI is InChI=1S/C17H16N2O3/c1-2-14(20)18-9-10-19-16(21)12-7-3-5-11-6-4-8-13(15(11)12)17(19)22/h3-8H,2,9-10H2,1H3,(H,18,20). The van der Waals surface area contributed by atoms with Crippen LogP contribution >= 0.6 is 0 Å². The molecular formula is C17H16N2O3. The van der Waals surface area contributed by atoms with Crippen molar-refractivity contribution in [2.24, 2.45) is 0 Å². The molecule has 0 aliphatic carbocycles. The normalized spacial score (nSPS) is 13.6. The van der Waals surface area contributed by atoms with E-state index in [1.54, 1.807) is 19.1 Å². The topological polar surface area (TPSA) is 66.5 Å². The van der Waals surface area contributed by atoms with Crippen LogP contribution in [0.4, 0.5) is 0 Å². The van der Waals surface area contributed by atoms with E-state index in [4.69, 9.17) is 0 Å². The molecule has 1 aliphatic heterocycles. The minimum absolute atomic E-state index is 0.0978. The van der Waals surface area contributed by atoms with E-state index in [2.05, 4.69) is 5.32 Å². The fraction of sp³-hybridized carbons (Fsp3) is 0.235. The number of benzene rings is 2. The third kappa shape index (κ3) is 2.24. The number of nitrogens with zero attached hydrogens (tertiary/aromatic N) is 1. The predicted octanol–water partition coefficient (Wildman–Crippen LogP) is 1.96. The molecule has 0 radical (unpaired) electrons. The van der Waals surface area contributed by atoms with Crippen LogP contribution in [0.3, 0.4) is 0 Å². The molecule has 1 N–H and O–H groups in total. The fourth-order valence-electron chi connectivity index (χ4n) is 2.72. The van der Waals surface area contributed by atoms with Crippen LogP contribution in [0.2, 0.25) is 0 Å². The number of imide groups is 1. The van der Waals surface area contributed by atoms with Gasteiger partial charge in [-0.15, -0.1) is 0 Å². The number of carbonyl (C=O) groups excluding carboxylic acids is 3. The van der Waals surface area contributed by atoms with E-state index in [9.17, 15) is 14.4 Å². The first-order valence-corrected chi connectivity index (χ1v) is 7.28. The van der Waals surface area contributed by atoms with Gasteiger partial charge in [-0.25, -0.2) is 0 Å². The van der Waals surface area contributed by atoms with E-state index < -0.39 is 0 Å². The van der Waals surface area contributed by atoms with Crippen molar-refractivity contribution < 1.29 is 14.4 Å². The van der Waals surface area contributed by atoms with E-state index in [0.29, 0.717) is 22.9 Å². The molecule has 2 aromatic carbocycles. The first-order valence-electron chi connectivity index (χ1n) is 7.28. The summed E-state index contributed by atoms with van der Waals surface area (Å²) in [7, 11) is 0. The van der Waals surface area contributed by atoms with E-state index in [0.717, 1.165) is 5.39 Å². The minimum atomic E-state index is -0.306. The van der Waals surface area contributed by atoms with Crippen LogP contribution in [0.15, 0.2) is 36.4 Å². The Morgan fingerprint density at radius 1 is 1.05 bits per heavy atom. The molecular weight excluding hydrogens is 280 g/mol. The first-order chi connectivity index (χ1) is 10.6. The van der Waals surface area contributed by atoms with Gasteiger partial charge in [-0.2, -0.15) is 0 Å². The molecule has 0 fully saturated rings. The highest BCUT2D eigenvalue weighted by Crippen LogP contribution is 2.29. The zero-order valence-corrected chi connectivity index (χ0v) is 12.3. The summed E-state index contributed by atoms with van der Waals surface area (Å²) < 4.78 is 0. The summed E-state index contributed by atoms with van der Waals surface area (Å²) in [6.07, 6.45) is 0.379. The zero-order valence-electron chi connectivity index (χ0n) is 12.3. The number of hydrogen-bond acceptors (Lipinski definition) is 3. The van der Waals surface area contributed by atoms with Crippen LogP contribution in [0, 0.1) is 0 Å². The smallest absolute Gasteiger partial charge is 0.261 e. The number of nitrogens with one attached hydrogen (secondary N) is 1. The zero-order chi connectivity index (χ0) is 15.7. The number of carbonyl (C=O) groups is 3. The van der Waals surface area contributed by atoms with Crippen molar-refractivity contribution in [3.05, 3.63) is 47.5 Å². The molecule has 3 rings (SSSR count). The van der Waals surface area contributed by atoms with Crippen LogP contribution in [0.25, 0.3) is 10.8 Å². The van der Waals surface area contributed by atoms with Gasteiger partial charge in [0.05, 0.1) is 0 Å². The quantitative estimate of drug-likeness (QED) is 0.877. The Morgan fingerprint density at radius 2 is 1.64 bits per heavy atom. The summed E-state index contributed by atoms with van der Waals surface area (Å²) >= 11 is 0. The molecule has 5 heteroatoms. The summed E-state index contributed by atoms with van der Waals surface area (Å²) in [5, 5.41) is 4.29. The van der Waals surface area contributed by atoms with E-state index >= 15 is 0 Å². The lowest BCUT2D eigenvalue weighted by Crippen LogP contribution is -2.44. The van der Waals surface area contributed by atoms with Crippen LogP contribution in [0.1, 0.15) is 34.1 Å². The van der Waals surface area contributed by atoms with Crippen molar-refractivity contribution in [3.8, 4) is 0 Å². The molecule has 0 spiro atoms. The van der Waals surface area contributed by atoms with E-state index in [1.807, 2.05) is 24.3 Å². The van der Waals surface area contributed by atoms with Gasteiger partial charge in [0.1, 0.15) is 0 Å². The van der Waals surface area contributed by atoms with Crippen molar-refractivity contribution >= 4 is 28.5 Å². The molecule has 5 nitrogen and oxygen atoms in total. The summed E-state index contributed by atoms with van der Waals surface area (Å²) in [6, 6.07) is 10.9. The van der Waals surface area contributed by atoms with Gasteiger partial charge in [-0.1, -0.05) is 31.2 Å². The maximum Gasteiger partial charge on any atom is 0.261 e. The lowest BCUT2D eigenvalue weighted by molar-refractivity contribution is -0.120. The lowest BCUT2D eigenvalue weighted by atomic mass is 9.94. The molecule has 112 valence electrons. The van der Waals surface area contributed by atoms with Crippen LogP contribution in [-0.2, 0) is 4.79 Å². The molecule has 0 unspecified atom stereocenters. The third-order valence-corrected chi connectivity index (χ3v) is 3.83. The van der Waals surface area contributed by atoms with Crippen LogP contribution < -0.4 is 5.32 Å². The van der Waals surface area contributed by atoms with Crippen molar-refractivity contribution in [2.45, 2.75) is 13.3 Å². The average Bonchev–Trinajstić information content (AvgIpc) is 2.55. The van der Waals surface area contributed by atoms with Crippen molar-refractivity contribution in [2.75, 3.05) is 13.1 Å². The minimum Gasteiger partial charge on any atom is -0.354 e. The Hall–Kier alpha value is -2.69. The molecule has 22 heavy (non-hydrogen) atoms. The molecule has 1 heterocycles. The molecule has 0 saturated carbocycles. The molecule has 1 aliphatic rings. The van der Waals surface area contributed by atoms with Crippen LogP contribution in [0.5, 0.6) is 0 Å². The molecule has 0 bridgehead atoms. The lowest BCUT2D eigenvalue weighted by Gasteiger charge is -2.27. The maximum atomic E-state index is 12.6. The highest BCUT2D eigenvalue weighted by molar-refractivity contribution is 6.25. The molecule has 3 amide bonds. The Balaban J connectivity index is 1.92. The third-order valence-electron chi connectivity index (χ3n) is 3.83. The van der Waals surface area contributed by atoms with E-state index in [-0.39, 0.29) is 30.8 Å². The average molecular weight is 296 g/mol. The number of amides is 3. The molecule has 2 aromatic rings. The largest absolute Gasteiger partial charge is 0.354 e. The Kier molecular flexibility index (Phi) is 3.63. The predicted molar refractivity (Wildman–Crippen MR) is 82.6 cm³/mol. The van der Waals surface area contributed by atoms with Crippen molar-refractivity contribution in [1.29, 1.82) is 0 Å². The molecule has 0 aromatic heterocycles. The number of rotatable bonds is 4. The number of hydrogen-bond donors (Lipinski definition) is 1. The Bertz CT molecular complexity index is 732. The summed E-state index contributed by atoms with van der Waals surface area (Å²) in [6.45, 7) is 2.19. The highest BCUT2D eigenvalue weighted by Gasteiger charge is 2.32. The Morgan fingerprint density at radius 3 is 2.18 bits per heavy atom. The van der Waals surface area contributed by atoms with Gasteiger partial charge in [0.15, 0.2) is 0 Å². The maximum absolute atomic E-state index is 12.6.